The Balaban J connectivity index is 1.56. The predicted molar refractivity (Wildman–Crippen MR) is 123 cm³/mol. The number of carbonyl (C=O) groups is 1. The average Bonchev–Trinajstić information content (AvgIpc) is 3.30. The summed E-state index contributed by atoms with van der Waals surface area (Å²) in [7, 11) is 0. The molecule has 1 atom stereocenters. The number of benzene rings is 2. The largest absolute Gasteiger partial charge is 0.407 e. The minimum Gasteiger partial charge on any atom is -0.407 e. The Morgan fingerprint density at radius 2 is 1.68 bits per heavy atom. The smallest absolute Gasteiger partial charge is 0.348 e. The Bertz CT molecular complexity index is 1430. The van der Waals surface area contributed by atoms with Crippen molar-refractivity contribution in [1.82, 2.24) is 4.98 Å². The molecule has 1 unspecified atom stereocenters. The first-order valence-corrected chi connectivity index (χ1v) is 11.4. The molecule has 5 heteroatoms. The Morgan fingerprint density at radius 3 is 2.52 bits per heavy atom. The summed E-state index contributed by atoms with van der Waals surface area (Å²) in [6.07, 6.45) is 6.10. The van der Waals surface area contributed by atoms with Crippen LogP contribution in [0, 0.1) is 0 Å². The number of carbonyl (C=O) groups excluding carboxylic acids is 1. The van der Waals surface area contributed by atoms with Gasteiger partial charge in [-0.05, 0) is 54.0 Å². The molecule has 0 spiro atoms. The number of thiophene rings is 1. The standard InChI is InChI=1S/C26H19NO3S/c28-23-17-11-5-4-10-16(17)19(14-15-8-2-1-3-9-15)21(23)24-27-25-22(26(29)30-24)18-12-6-7-13-20(18)31-25/h1-5,8-11,14,21H,6-7,12-13H2/b19-14+. The van der Waals surface area contributed by atoms with E-state index in [9.17, 15) is 9.59 Å². The minimum absolute atomic E-state index is 0.0749. The van der Waals surface area contributed by atoms with Crippen LogP contribution in [0.15, 0.2) is 63.8 Å². The molecule has 4 aromatic rings. The number of aromatic nitrogens is 1. The van der Waals surface area contributed by atoms with E-state index >= 15 is 0 Å². The van der Waals surface area contributed by atoms with Crippen molar-refractivity contribution in [3.8, 4) is 0 Å². The van der Waals surface area contributed by atoms with Crippen molar-refractivity contribution in [3.63, 3.8) is 0 Å². The van der Waals surface area contributed by atoms with Crippen LogP contribution < -0.4 is 5.63 Å². The fourth-order valence-electron chi connectivity index (χ4n) is 4.77. The molecule has 0 saturated carbocycles. The third-order valence-electron chi connectivity index (χ3n) is 6.21. The lowest BCUT2D eigenvalue weighted by atomic mass is 9.96. The number of ketones is 1. The van der Waals surface area contributed by atoms with Gasteiger partial charge in [-0.1, -0.05) is 54.6 Å². The van der Waals surface area contributed by atoms with Gasteiger partial charge >= 0.3 is 5.63 Å². The molecule has 0 amide bonds. The quantitative estimate of drug-likeness (QED) is 0.416. The molecule has 4 nitrogen and oxygen atoms in total. The maximum atomic E-state index is 13.4. The number of hydrogen-bond acceptors (Lipinski definition) is 5. The lowest BCUT2D eigenvalue weighted by Gasteiger charge is -2.11. The van der Waals surface area contributed by atoms with Gasteiger partial charge in [-0.3, -0.25) is 4.79 Å². The Labute approximate surface area is 182 Å². The van der Waals surface area contributed by atoms with Crippen molar-refractivity contribution in [2.45, 2.75) is 31.6 Å². The Morgan fingerprint density at radius 1 is 0.935 bits per heavy atom. The third kappa shape index (κ3) is 2.92. The van der Waals surface area contributed by atoms with E-state index in [1.54, 1.807) is 11.3 Å². The van der Waals surface area contributed by atoms with Crippen LogP contribution in [0.4, 0.5) is 0 Å². The number of nitrogens with zero attached hydrogens (tertiary/aromatic N) is 1. The number of fused-ring (bicyclic) bond motifs is 4. The maximum Gasteiger partial charge on any atom is 0.348 e. The van der Waals surface area contributed by atoms with Crippen molar-refractivity contribution in [1.29, 1.82) is 0 Å². The molecular weight excluding hydrogens is 406 g/mol. The van der Waals surface area contributed by atoms with Crippen LogP contribution >= 0.6 is 11.3 Å². The minimum atomic E-state index is -0.714. The molecular formula is C26H19NO3S. The molecule has 0 fully saturated rings. The molecule has 2 aliphatic rings. The number of Topliss-reactive ketones (excluding diaryl/α,β-unsaturated/α-hetero) is 1. The molecule has 2 aromatic carbocycles. The summed E-state index contributed by atoms with van der Waals surface area (Å²) in [5.41, 5.74) is 4.05. The first-order chi connectivity index (χ1) is 15.2. The average molecular weight is 426 g/mol. The summed E-state index contributed by atoms with van der Waals surface area (Å²) in [6, 6.07) is 17.4. The number of rotatable bonds is 2. The summed E-state index contributed by atoms with van der Waals surface area (Å²) in [5, 5.41) is 0.611. The molecule has 0 aliphatic heterocycles. The van der Waals surface area contributed by atoms with E-state index in [0.717, 1.165) is 47.9 Å². The van der Waals surface area contributed by atoms with E-state index < -0.39 is 5.92 Å². The van der Waals surface area contributed by atoms with Crippen molar-refractivity contribution in [2.24, 2.45) is 0 Å². The van der Waals surface area contributed by atoms with Gasteiger partial charge in [-0.25, -0.2) is 9.78 Å². The van der Waals surface area contributed by atoms with E-state index in [1.165, 1.54) is 4.88 Å². The van der Waals surface area contributed by atoms with Crippen LogP contribution in [0.1, 0.15) is 56.6 Å². The molecule has 0 N–H and O–H groups in total. The summed E-state index contributed by atoms with van der Waals surface area (Å²) in [6.45, 7) is 0. The van der Waals surface area contributed by atoms with E-state index in [2.05, 4.69) is 0 Å². The van der Waals surface area contributed by atoms with Crippen molar-refractivity contribution >= 4 is 39.0 Å². The second-order valence-corrected chi connectivity index (χ2v) is 9.17. The molecule has 0 saturated heterocycles. The second-order valence-electron chi connectivity index (χ2n) is 8.08. The van der Waals surface area contributed by atoms with E-state index in [4.69, 9.17) is 9.40 Å². The number of hydrogen-bond donors (Lipinski definition) is 0. The first-order valence-electron chi connectivity index (χ1n) is 10.6. The monoisotopic (exact) mass is 425 g/mol. The highest BCUT2D eigenvalue weighted by molar-refractivity contribution is 7.18. The van der Waals surface area contributed by atoms with Crippen LogP contribution in [0.5, 0.6) is 0 Å². The maximum absolute atomic E-state index is 13.4. The Hall–Kier alpha value is -3.31. The van der Waals surface area contributed by atoms with Gasteiger partial charge in [0.1, 0.15) is 16.1 Å². The highest BCUT2D eigenvalue weighted by Gasteiger charge is 2.39. The number of allylic oxidation sites excluding steroid dienone is 1. The van der Waals surface area contributed by atoms with Gasteiger partial charge in [0.15, 0.2) is 5.78 Å². The number of aryl methyl sites for hydroxylation is 2. The molecule has 2 heterocycles. The highest BCUT2D eigenvalue weighted by Crippen LogP contribution is 2.44. The van der Waals surface area contributed by atoms with Crippen LogP contribution in [0.3, 0.4) is 0 Å². The van der Waals surface area contributed by atoms with Gasteiger partial charge in [0.25, 0.3) is 0 Å². The SMILES string of the molecule is O=C1c2ccccc2/C(=C\c2ccccc2)C1c1nc2sc3c(c2c(=O)o1)CCCC3. The van der Waals surface area contributed by atoms with Crippen LogP contribution in [0.2, 0.25) is 0 Å². The third-order valence-corrected chi connectivity index (χ3v) is 7.40. The first kappa shape index (κ1) is 18.5. The summed E-state index contributed by atoms with van der Waals surface area (Å²) >= 11 is 1.58. The van der Waals surface area contributed by atoms with Gasteiger partial charge in [-0.2, -0.15) is 0 Å². The topological polar surface area (TPSA) is 60.2 Å². The van der Waals surface area contributed by atoms with Crippen molar-refractivity contribution < 1.29 is 9.21 Å². The van der Waals surface area contributed by atoms with Gasteiger partial charge in [0, 0.05) is 10.4 Å². The second kappa shape index (κ2) is 7.13. The normalized spacial score (nSPS) is 19.0. The molecule has 152 valence electrons. The zero-order valence-corrected chi connectivity index (χ0v) is 17.6. The fraction of sp³-hybridized carbons (Fsp3) is 0.192. The molecule has 2 aromatic heterocycles. The van der Waals surface area contributed by atoms with E-state index in [1.807, 2.05) is 60.7 Å². The summed E-state index contributed by atoms with van der Waals surface area (Å²) in [5.74, 6) is -0.595. The lowest BCUT2D eigenvalue weighted by Crippen LogP contribution is -2.13. The van der Waals surface area contributed by atoms with E-state index in [-0.39, 0.29) is 17.3 Å². The summed E-state index contributed by atoms with van der Waals surface area (Å²) < 4.78 is 5.75. The van der Waals surface area contributed by atoms with Crippen molar-refractivity contribution in [3.05, 3.63) is 98.0 Å². The summed E-state index contributed by atoms with van der Waals surface area (Å²) in [4.78, 5) is 33.1. The van der Waals surface area contributed by atoms with Gasteiger partial charge in [0.2, 0.25) is 5.89 Å². The van der Waals surface area contributed by atoms with Crippen LogP contribution in [0.25, 0.3) is 21.9 Å². The zero-order valence-electron chi connectivity index (χ0n) is 16.8. The van der Waals surface area contributed by atoms with Gasteiger partial charge in [0.05, 0.1) is 0 Å². The fourth-order valence-corrected chi connectivity index (χ4v) is 6.02. The molecule has 31 heavy (non-hydrogen) atoms. The Kier molecular flexibility index (Phi) is 4.25. The van der Waals surface area contributed by atoms with Crippen molar-refractivity contribution in [2.75, 3.05) is 0 Å². The van der Waals surface area contributed by atoms with E-state index in [0.29, 0.717) is 15.8 Å². The molecule has 0 bridgehead atoms. The molecule has 0 radical (unpaired) electrons. The molecule has 2 aliphatic carbocycles. The van der Waals surface area contributed by atoms with Gasteiger partial charge < -0.3 is 4.42 Å². The predicted octanol–water partition coefficient (Wildman–Crippen LogP) is 5.65. The zero-order chi connectivity index (χ0) is 20.9. The lowest BCUT2D eigenvalue weighted by molar-refractivity contribution is 0.0976. The van der Waals surface area contributed by atoms with Gasteiger partial charge in [-0.15, -0.1) is 11.3 Å². The highest BCUT2D eigenvalue weighted by atomic mass is 32.1. The van der Waals surface area contributed by atoms with Crippen LogP contribution in [-0.4, -0.2) is 10.8 Å². The molecule has 6 rings (SSSR count). The van der Waals surface area contributed by atoms with Crippen LogP contribution in [-0.2, 0) is 12.8 Å².